The van der Waals surface area contributed by atoms with E-state index in [9.17, 15) is 13.2 Å². The van der Waals surface area contributed by atoms with Crippen LogP contribution < -0.4 is 11.1 Å². The minimum absolute atomic E-state index is 0.0640. The SMILES string of the molecule is CN[C@@H](Cc1ccc(C(F)(F)F)cc1)Cc1nnc(N)s1. The lowest BCUT2D eigenvalue weighted by atomic mass is 10.0. The van der Waals surface area contributed by atoms with E-state index >= 15 is 0 Å². The van der Waals surface area contributed by atoms with Gasteiger partial charge in [-0.3, -0.25) is 0 Å². The van der Waals surface area contributed by atoms with Crippen molar-refractivity contribution in [3.8, 4) is 0 Å². The number of nitrogens with two attached hydrogens (primary N) is 1. The lowest BCUT2D eigenvalue weighted by Crippen LogP contribution is -2.29. The average Bonchev–Trinajstić information content (AvgIpc) is 2.83. The normalized spacial score (nSPS) is 13.3. The molecule has 0 aliphatic rings. The fraction of sp³-hybridized carbons (Fsp3) is 0.385. The minimum Gasteiger partial charge on any atom is -0.374 e. The molecule has 1 atom stereocenters. The fourth-order valence-electron chi connectivity index (χ4n) is 1.95. The number of hydrogen-bond acceptors (Lipinski definition) is 5. The van der Waals surface area contributed by atoms with Crippen LogP contribution in [0.1, 0.15) is 16.1 Å². The zero-order chi connectivity index (χ0) is 15.5. The van der Waals surface area contributed by atoms with E-state index in [1.807, 2.05) is 0 Å². The topological polar surface area (TPSA) is 63.8 Å². The van der Waals surface area contributed by atoms with Crippen molar-refractivity contribution in [2.45, 2.75) is 25.1 Å². The Hall–Kier alpha value is -1.67. The van der Waals surface area contributed by atoms with Gasteiger partial charge in [0.25, 0.3) is 0 Å². The average molecular weight is 316 g/mol. The summed E-state index contributed by atoms with van der Waals surface area (Å²) < 4.78 is 37.5. The molecule has 4 nitrogen and oxygen atoms in total. The number of nitrogen functional groups attached to an aromatic ring is 1. The van der Waals surface area contributed by atoms with E-state index in [4.69, 9.17) is 5.73 Å². The predicted octanol–water partition coefficient (Wildman–Crippen LogP) is 2.51. The number of anilines is 1. The number of nitrogens with zero attached hydrogens (tertiary/aromatic N) is 2. The van der Waals surface area contributed by atoms with E-state index < -0.39 is 11.7 Å². The van der Waals surface area contributed by atoms with Crippen molar-refractivity contribution >= 4 is 16.5 Å². The molecule has 2 rings (SSSR count). The Morgan fingerprint density at radius 2 is 1.86 bits per heavy atom. The number of benzene rings is 1. The molecule has 2 aromatic rings. The van der Waals surface area contributed by atoms with Crippen molar-refractivity contribution < 1.29 is 13.2 Å². The molecule has 0 fully saturated rings. The van der Waals surface area contributed by atoms with Crippen molar-refractivity contribution in [2.24, 2.45) is 0 Å². The van der Waals surface area contributed by atoms with Crippen LogP contribution in [0.4, 0.5) is 18.3 Å². The van der Waals surface area contributed by atoms with E-state index in [0.29, 0.717) is 18.0 Å². The molecule has 1 aromatic carbocycles. The van der Waals surface area contributed by atoms with Gasteiger partial charge < -0.3 is 11.1 Å². The maximum absolute atomic E-state index is 12.5. The molecule has 1 heterocycles. The van der Waals surface area contributed by atoms with Gasteiger partial charge in [0.05, 0.1) is 5.56 Å². The van der Waals surface area contributed by atoms with Crippen LogP contribution in [-0.2, 0) is 19.0 Å². The maximum atomic E-state index is 12.5. The first-order valence-electron chi connectivity index (χ1n) is 6.29. The zero-order valence-corrected chi connectivity index (χ0v) is 12.1. The summed E-state index contributed by atoms with van der Waals surface area (Å²) in [4.78, 5) is 0. The van der Waals surface area contributed by atoms with E-state index in [2.05, 4.69) is 15.5 Å². The summed E-state index contributed by atoms with van der Waals surface area (Å²) >= 11 is 1.31. The van der Waals surface area contributed by atoms with Gasteiger partial charge in [-0.15, -0.1) is 10.2 Å². The smallest absolute Gasteiger partial charge is 0.374 e. The summed E-state index contributed by atoms with van der Waals surface area (Å²) in [5, 5.41) is 12.0. The van der Waals surface area contributed by atoms with E-state index in [1.54, 1.807) is 7.05 Å². The first-order chi connectivity index (χ1) is 9.88. The molecule has 0 bridgehead atoms. The Kier molecular flexibility index (Phi) is 4.79. The van der Waals surface area contributed by atoms with Crippen molar-refractivity contribution in [2.75, 3.05) is 12.8 Å². The van der Waals surface area contributed by atoms with Crippen LogP contribution in [0.3, 0.4) is 0 Å². The summed E-state index contributed by atoms with van der Waals surface area (Å²) in [5.74, 6) is 0. The standard InChI is InChI=1S/C13H15F3N4S/c1-18-10(7-11-19-20-12(17)21-11)6-8-2-4-9(5-3-8)13(14,15)16/h2-5,10,18H,6-7H2,1H3,(H2,17,20)/t10-/m0/s1. The molecule has 0 radical (unpaired) electrons. The molecule has 0 spiro atoms. The van der Waals surface area contributed by atoms with Gasteiger partial charge in [0.15, 0.2) is 0 Å². The molecule has 0 saturated heterocycles. The first-order valence-corrected chi connectivity index (χ1v) is 7.11. The highest BCUT2D eigenvalue weighted by Gasteiger charge is 2.30. The molecule has 3 N–H and O–H groups in total. The number of alkyl halides is 3. The third-order valence-electron chi connectivity index (χ3n) is 3.08. The molecular weight excluding hydrogens is 301 g/mol. The highest BCUT2D eigenvalue weighted by Crippen LogP contribution is 2.29. The van der Waals surface area contributed by atoms with Gasteiger partial charge in [-0.2, -0.15) is 13.2 Å². The van der Waals surface area contributed by atoms with Gasteiger partial charge in [-0.05, 0) is 31.2 Å². The predicted molar refractivity (Wildman–Crippen MR) is 76.0 cm³/mol. The maximum Gasteiger partial charge on any atom is 0.416 e. The Bertz CT molecular complexity index is 580. The molecule has 0 aliphatic heterocycles. The van der Waals surface area contributed by atoms with Gasteiger partial charge in [0, 0.05) is 12.5 Å². The van der Waals surface area contributed by atoms with Crippen LogP contribution >= 0.6 is 11.3 Å². The second kappa shape index (κ2) is 6.40. The molecule has 8 heteroatoms. The summed E-state index contributed by atoms with van der Waals surface area (Å²) in [6.45, 7) is 0. The monoisotopic (exact) mass is 316 g/mol. The summed E-state index contributed by atoms with van der Waals surface area (Å²) in [5.41, 5.74) is 5.72. The number of halogens is 3. The molecule has 0 saturated carbocycles. The minimum atomic E-state index is -4.30. The summed E-state index contributed by atoms with van der Waals surface area (Å²) in [6, 6.07) is 5.27. The van der Waals surface area contributed by atoms with Gasteiger partial charge in [-0.25, -0.2) is 0 Å². The van der Waals surface area contributed by atoms with Crippen LogP contribution in [0, 0.1) is 0 Å². The number of rotatable bonds is 5. The summed E-state index contributed by atoms with van der Waals surface area (Å²) in [6.07, 6.45) is -3.06. The van der Waals surface area contributed by atoms with Gasteiger partial charge in [-0.1, -0.05) is 23.5 Å². The van der Waals surface area contributed by atoms with Crippen LogP contribution in [0.15, 0.2) is 24.3 Å². The van der Waals surface area contributed by atoms with Crippen LogP contribution in [0.25, 0.3) is 0 Å². The molecule has 1 aromatic heterocycles. The van der Waals surface area contributed by atoms with Crippen molar-refractivity contribution in [3.05, 3.63) is 40.4 Å². The second-order valence-electron chi connectivity index (χ2n) is 4.62. The van der Waals surface area contributed by atoms with Crippen LogP contribution in [0.5, 0.6) is 0 Å². The fourth-order valence-corrected chi connectivity index (χ4v) is 2.64. The lowest BCUT2D eigenvalue weighted by Gasteiger charge is -2.15. The molecule has 0 amide bonds. The second-order valence-corrected chi connectivity index (χ2v) is 5.72. The van der Waals surface area contributed by atoms with Gasteiger partial charge in [0.2, 0.25) is 5.13 Å². The third-order valence-corrected chi connectivity index (χ3v) is 3.85. The zero-order valence-electron chi connectivity index (χ0n) is 11.3. The molecule has 0 aliphatic carbocycles. The third kappa shape index (κ3) is 4.40. The largest absolute Gasteiger partial charge is 0.416 e. The van der Waals surface area contributed by atoms with E-state index in [1.165, 1.54) is 23.5 Å². The Balaban J connectivity index is 2.01. The van der Waals surface area contributed by atoms with Crippen molar-refractivity contribution in [1.29, 1.82) is 0 Å². The van der Waals surface area contributed by atoms with Crippen LogP contribution in [-0.4, -0.2) is 23.3 Å². The lowest BCUT2D eigenvalue weighted by molar-refractivity contribution is -0.137. The van der Waals surface area contributed by atoms with E-state index in [0.717, 1.165) is 22.7 Å². The van der Waals surface area contributed by atoms with Crippen LogP contribution in [0.2, 0.25) is 0 Å². The number of nitrogens with one attached hydrogen (secondary N) is 1. The quantitative estimate of drug-likeness (QED) is 0.890. The number of aromatic nitrogens is 2. The Morgan fingerprint density at radius 1 is 1.19 bits per heavy atom. The van der Waals surface area contributed by atoms with Gasteiger partial charge >= 0.3 is 6.18 Å². The number of likely N-dealkylation sites (N-methyl/N-ethyl adjacent to an activating group) is 1. The molecule has 0 unspecified atom stereocenters. The molecular formula is C13H15F3N4S. The highest BCUT2D eigenvalue weighted by atomic mass is 32.1. The Morgan fingerprint density at radius 3 is 2.33 bits per heavy atom. The highest BCUT2D eigenvalue weighted by molar-refractivity contribution is 7.15. The first kappa shape index (κ1) is 15.7. The van der Waals surface area contributed by atoms with E-state index in [-0.39, 0.29) is 6.04 Å². The number of hydrogen-bond donors (Lipinski definition) is 2. The molecule has 114 valence electrons. The Labute approximate surface area is 124 Å². The molecule has 21 heavy (non-hydrogen) atoms. The van der Waals surface area contributed by atoms with Crippen molar-refractivity contribution in [1.82, 2.24) is 15.5 Å². The van der Waals surface area contributed by atoms with Gasteiger partial charge in [0.1, 0.15) is 5.01 Å². The van der Waals surface area contributed by atoms with Crippen molar-refractivity contribution in [3.63, 3.8) is 0 Å². The summed E-state index contributed by atoms with van der Waals surface area (Å²) in [7, 11) is 1.80.